The van der Waals surface area contributed by atoms with Gasteiger partial charge < -0.3 is 10.6 Å². The number of carbonyl (C=O) groups is 2. The summed E-state index contributed by atoms with van der Waals surface area (Å²) in [5.74, 6) is -1.14. The first-order valence-electron chi connectivity index (χ1n) is 9.58. The standard InChI is InChI=1S/C19H27N3O4S/c1-2-15-5-3-4-6-17(15)21-19(24)18(23)20-13-14-9-11-22(12-10-14)27(25,26)16-7-8-16/h3-6,14,16H,2,7-13H2,1H3,(H,20,23)(H,21,24). The molecule has 0 atom stereocenters. The van der Waals surface area contributed by atoms with Gasteiger partial charge in [-0.1, -0.05) is 25.1 Å². The van der Waals surface area contributed by atoms with Crippen molar-refractivity contribution >= 4 is 27.5 Å². The molecule has 1 aliphatic heterocycles. The number of rotatable bonds is 6. The van der Waals surface area contributed by atoms with Crippen molar-refractivity contribution in [1.82, 2.24) is 9.62 Å². The van der Waals surface area contributed by atoms with Crippen LogP contribution in [0, 0.1) is 5.92 Å². The van der Waals surface area contributed by atoms with E-state index in [1.807, 2.05) is 25.1 Å². The molecule has 3 rings (SSSR count). The van der Waals surface area contributed by atoms with Gasteiger partial charge in [-0.05, 0) is 49.7 Å². The van der Waals surface area contributed by atoms with Crippen LogP contribution >= 0.6 is 0 Å². The van der Waals surface area contributed by atoms with Crippen LogP contribution in [0.5, 0.6) is 0 Å². The molecule has 1 heterocycles. The van der Waals surface area contributed by atoms with Crippen molar-refractivity contribution < 1.29 is 18.0 Å². The van der Waals surface area contributed by atoms with Crippen LogP contribution in [0.2, 0.25) is 0 Å². The molecule has 0 unspecified atom stereocenters. The van der Waals surface area contributed by atoms with Crippen LogP contribution in [0.3, 0.4) is 0 Å². The van der Waals surface area contributed by atoms with E-state index in [4.69, 9.17) is 0 Å². The van der Waals surface area contributed by atoms with E-state index in [0.717, 1.165) is 24.8 Å². The SMILES string of the molecule is CCc1ccccc1NC(=O)C(=O)NCC1CCN(S(=O)(=O)C2CC2)CC1. The minimum absolute atomic E-state index is 0.177. The second kappa shape index (κ2) is 8.39. The average molecular weight is 394 g/mol. The van der Waals surface area contributed by atoms with E-state index in [1.54, 1.807) is 10.4 Å². The highest BCUT2D eigenvalue weighted by Crippen LogP contribution is 2.33. The Morgan fingerprint density at radius 2 is 1.74 bits per heavy atom. The van der Waals surface area contributed by atoms with Gasteiger partial charge in [-0.15, -0.1) is 0 Å². The first-order valence-corrected chi connectivity index (χ1v) is 11.1. The van der Waals surface area contributed by atoms with Crippen molar-refractivity contribution in [2.45, 2.75) is 44.3 Å². The summed E-state index contributed by atoms with van der Waals surface area (Å²) in [7, 11) is -3.12. The molecular weight excluding hydrogens is 366 g/mol. The Morgan fingerprint density at radius 1 is 1.07 bits per heavy atom. The lowest BCUT2D eigenvalue weighted by atomic mass is 9.98. The van der Waals surface area contributed by atoms with Gasteiger partial charge in [0, 0.05) is 25.3 Å². The molecular formula is C19H27N3O4S. The van der Waals surface area contributed by atoms with Gasteiger partial charge in [-0.25, -0.2) is 12.7 Å². The maximum Gasteiger partial charge on any atom is 0.313 e. The second-order valence-electron chi connectivity index (χ2n) is 7.26. The normalized spacial score (nSPS) is 18.9. The molecule has 0 radical (unpaired) electrons. The van der Waals surface area contributed by atoms with Crippen molar-refractivity contribution in [3.8, 4) is 0 Å². The summed E-state index contributed by atoms with van der Waals surface area (Å²) in [6, 6.07) is 7.40. The third-order valence-corrected chi connectivity index (χ3v) is 7.68. The molecule has 2 fully saturated rings. The highest BCUT2D eigenvalue weighted by atomic mass is 32.2. The van der Waals surface area contributed by atoms with Crippen LogP contribution in [0.4, 0.5) is 5.69 Å². The number of para-hydroxylation sites is 1. The second-order valence-corrected chi connectivity index (χ2v) is 9.47. The Balaban J connectivity index is 1.43. The predicted molar refractivity (Wildman–Crippen MR) is 104 cm³/mol. The molecule has 1 aliphatic carbocycles. The van der Waals surface area contributed by atoms with Crippen LogP contribution in [0.15, 0.2) is 24.3 Å². The number of aryl methyl sites for hydroxylation is 1. The summed E-state index contributed by atoms with van der Waals surface area (Å²) >= 11 is 0. The van der Waals surface area contributed by atoms with Crippen LogP contribution in [-0.2, 0) is 26.0 Å². The fraction of sp³-hybridized carbons (Fsp3) is 0.579. The zero-order chi connectivity index (χ0) is 19.4. The number of anilines is 1. The number of carbonyl (C=O) groups excluding carboxylic acids is 2. The van der Waals surface area contributed by atoms with Crippen molar-refractivity contribution in [3.05, 3.63) is 29.8 Å². The van der Waals surface area contributed by atoms with E-state index in [1.165, 1.54) is 0 Å². The van der Waals surface area contributed by atoms with Crippen LogP contribution < -0.4 is 10.6 Å². The maximum absolute atomic E-state index is 12.2. The highest BCUT2D eigenvalue weighted by molar-refractivity contribution is 7.90. The maximum atomic E-state index is 12.2. The Hall–Kier alpha value is -1.93. The molecule has 2 aliphatic rings. The van der Waals surface area contributed by atoms with Crippen LogP contribution in [0.1, 0.15) is 38.2 Å². The minimum Gasteiger partial charge on any atom is -0.348 e. The summed E-state index contributed by atoms with van der Waals surface area (Å²) in [4.78, 5) is 24.2. The van der Waals surface area contributed by atoms with Crippen LogP contribution in [-0.4, -0.2) is 49.4 Å². The first-order chi connectivity index (χ1) is 12.9. The van der Waals surface area contributed by atoms with Crippen molar-refractivity contribution in [1.29, 1.82) is 0 Å². The number of benzene rings is 1. The lowest BCUT2D eigenvalue weighted by Crippen LogP contribution is -2.44. The van der Waals surface area contributed by atoms with E-state index in [-0.39, 0.29) is 11.2 Å². The summed E-state index contributed by atoms with van der Waals surface area (Å²) < 4.78 is 26.1. The van der Waals surface area contributed by atoms with E-state index in [9.17, 15) is 18.0 Å². The molecule has 1 saturated heterocycles. The van der Waals surface area contributed by atoms with Gasteiger partial charge in [0.2, 0.25) is 10.0 Å². The molecule has 7 nitrogen and oxygen atoms in total. The Morgan fingerprint density at radius 3 is 2.37 bits per heavy atom. The average Bonchev–Trinajstić information content (AvgIpc) is 3.52. The summed E-state index contributed by atoms with van der Waals surface area (Å²) in [6.07, 6.45) is 3.71. The molecule has 8 heteroatoms. The molecule has 2 amide bonds. The molecule has 0 bridgehead atoms. The van der Waals surface area contributed by atoms with E-state index in [2.05, 4.69) is 10.6 Å². The fourth-order valence-corrected chi connectivity index (χ4v) is 5.26. The molecule has 1 aromatic rings. The topological polar surface area (TPSA) is 95.6 Å². The number of nitrogens with zero attached hydrogens (tertiary/aromatic N) is 1. The number of nitrogens with one attached hydrogen (secondary N) is 2. The number of hydrogen-bond donors (Lipinski definition) is 2. The van der Waals surface area contributed by atoms with E-state index < -0.39 is 21.8 Å². The van der Waals surface area contributed by atoms with E-state index in [0.29, 0.717) is 38.2 Å². The summed E-state index contributed by atoms with van der Waals surface area (Å²) in [5.41, 5.74) is 1.63. The zero-order valence-corrected chi connectivity index (χ0v) is 16.4. The number of sulfonamides is 1. The predicted octanol–water partition coefficient (Wildman–Crippen LogP) is 1.51. The smallest absolute Gasteiger partial charge is 0.313 e. The Labute approximate surface area is 160 Å². The van der Waals surface area contributed by atoms with Gasteiger partial charge in [-0.3, -0.25) is 9.59 Å². The van der Waals surface area contributed by atoms with Gasteiger partial charge in [0.25, 0.3) is 0 Å². The van der Waals surface area contributed by atoms with Gasteiger partial charge in [0.15, 0.2) is 0 Å². The Bertz CT molecular complexity index is 797. The fourth-order valence-electron chi connectivity index (χ4n) is 3.39. The molecule has 148 valence electrons. The first kappa shape index (κ1) is 19.8. The molecule has 0 spiro atoms. The van der Waals surface area contributed by atoms with Gasteiger partial charge in [0.05, 0.1) is 5.25 Å². The van der Waals surface area contributed by atoms with Crippen molar-refractivity contribution in [2.24, 2.45) is 5.92 Å². The number of piperidine rings is 1. The highest BCUT2D eigenvalue weighted by Gasteiger charge is 2.41. The van der Waals surface area contributed by atoms with Crippen molar-refractivity contribution in [2.75, 3.05) is 25.0 Å². The van der Waals surface area contributed by atoms with Crippen molar-refractivity contribution in [3.63, 3.8) is 0 Å². The van der Waals surface area contributed by atoms with Gasteiger partial charge in [-0.2, -0.15) is 0 Å². The molecule has 27 heavy (non-hydrogen) atoms. The van der Waals surface area contributed by atoms with E-state index >= 15 is 0 Å². The summed E-state index contributed by atoms with van der Waals surface area (Å²) in [6.45, 7) is 3.37. The van der Waals surface area contributed by atoms with Gasteiger partial charge in [0.1, 0.15) is 0 Å². The quantitative estimate of drug-likeness (QED) is 0.716. The molecule has 2 N–H and O–H groups in total. The number of amides is 2. The minimum atomic E-state index is -3.12. The molecule has 1 saturated carbocycles. The number of hydrogen-bond acceptors (Lipinski definition) is 4. The van der Waals surface area contributed by atoms with Gasteiger partial charge >= 0.3 is 11.8 Å². The zero-order valence-electron chi connectivity index (χ0n) is 15.6. The summed E-state index contributed by atoms with van der Waals surface area (Å²) in [5, 5.41) is 5.16. The Kier molecular flexibility index (Phi) is 6.16. The molecule has 1 aromatic carbocycles. The largest absolute Gasteiger partial charge is 0.348 e. The third kappa shape index (κ3) is 4.87. The molecule has 0 aromatic heterocycles. The monoisotopic (exact) mass is 393 g/mol. The lowest BCUT2D eigenvalue weighted by molar-refractivity contribution is -0.136. The third-order valence-electron chi connectivity index (χ3n) is 5.28. The van der Waals surface area contributed by atoms with Crippen LogP contribution in [0.25, 0.3) is 0 Å². The lowest BCUT2D eigenvalue weighted by Gasteiger charge is -2.31.